The minimum atomic E-state index is 0.727. The van der Waals surface area contributed by atoms with Gasteiger partial charge in [-0.15, -0.1) is 0 Å². The van der Waals surface area contributed by atoms with Gasteiger partial charge in [0.25, 0.3) is 0 Å². The lowest BCUT2D eigenvalue weighted by molar-refractivity contribution is 0.482. The van der Waals surface area contributed by atoms with Gasteiger partial charge in [0.1, 0.15) is 11.5 Å². The van der Waals surface area contributed by atoms with Crippen LogP contribution in [0.25, 0.3) is 11.0 Å². The van der Waals surface area contributed by atoms with E-state index in [4.69, 9.17) is 9.72 Å². The molecule has 0 saturated heterocycles. The Labute approximate surface area is 181 Å². The summed E-state index contributed by atoms with van der Waals surface area (Å²) in [5.41, 5.74) is 6.96. The smallest absolute Gasteiger partial charge is 0.208 e. The van der Waals surface area contributed by atoms with E-state index >= 15 is 0 Å². The number of aryl methyl sites for hydroxylation is 2. The lowest BCUT2D eigenvalue weighted by Gasteiger charge is -2.08. The third kappa shape index (κ3) is 3.92. The van der Waals surface area contributed by atoms with Crippen LogP contribution in [0.2, 0.25) is 0 Å². The molecule has 2 aromatic heterocycles. The Balaban J connectivity index is 1.39. The molecule has 1 N–H and O–H groups in total. The lowest BCUT2D eigenvalue weighted by atomic mass is 10.2. The van der Waals surface area contributed by atoms with Crippen LogP contribution in [0.1, 0.15) is 24.6 Å². The highest BCUT2D eigenvalue weighted by atomic mass is 16.5. The standard InChI is InChI=1S/C25H23N5O/c1-16-4-7-18(8-5-16)28-25-29-23-15-19(9-11-24(23)30(25)3)31-20-12-13-26-22(14-20)21-10-6-17(2)27-21/h4-9,11-15H,10H2,1-3H3,(H,28,29). The zero-order chi connectivity index (χ0) is 21.4. The van der Waals surface area contributed by atoms with Gasteiger partial charge in [-0.1, -0.05) is 23.8 Å². The number of aliphatic imine (C=N–C) groups is 1. The molecule has 0 radical (unpaired) electrons. The third-order valence-electron chi connectivity index (χ3n) is 5.32. The molecule has 5 rings (SSSR count). The molecule has 154 valence electrons. The summed E-state index contributed by atoms with van der Waals surface area (Å²) >= 11 is 0. The number of hydrogen-bond donors (Lipinski definition) is 1. The molecule has 0 fully saturated rings. The van der Waals surface area contributed by atoms with Gasteiger partial charge >= 0.3 is 0 Å². The molecule has 0 spiro atoms. The number of anilines is 2. The maximum atomic E-state index is 6.11. The molecule has 0 atom stereocenters. The first-order valence-corrected chi connectivity index (χ1v) is 10.2. The minimum absolute atomic E-state index is 0.727. The van der Waals surface area contributed by atoms with Gasteiger partial charge in [0, 0.05) is 43.2 Å². The van der Waals surface area contributed by atoms with E-state index in [0.717, 1.165) is 57.7 Å². The highest BCUT2D eigenvalue weighted by molar-refractivity contribution is 6.02. The number of rotatable bonds is 5. The molecule has 31 heavy (non-hydrogen) atoms. The van der Waals surface area contributed by atoms with Crippen LogP contribution in [0.4, 0.5) is 11.6 Å². The molecule has 0 aliphatic carbocycles. The fraction of sp³-hybridized carbons (Fsp3) is 0.160. The fourth-order valence-electron chi connectivity index (χ4n) is 3.60. The number of fused-ring (bicyclic) bond motifs is 1. The molecule has 6 heteroatoms. The van der Waals surface area contributed by atoms with E-state index in [1.165, 1.54) is 5.56 Å². The average molecular weight is 409 g/mol. The van der Waals surface area contributed by atoms with E-state index in [-0.39, 0.29) is 0 Å². The lowest BCUT2D eigenvalue weighted by Crippen LogP contribution is -2.00. The van der Waals surface area contributed by atoms with Crippen molar-refractivity contribution in [1.82, 2.24) is 14.5 Å². The molecule has 0 unspecified atom stereocenters. The van der Waals surface area contributed by atoms with Crippen LogP contribution in [0.5, 0.6) is 11.5 Å². The molecule has 3 heterocycles. The SMILES string of the molecule is CC1=CCC(c2cc(Oc3ccc4c(c3)nc(Nc3ccc(C)cc3)n4C)ccn2)=N1. The van der Waals surface area contributed by atoms with Crippen molar-refractivity contribution in [2.24, 2.45) is 12.0 Å². The molecule has 0 amide bonds. The van der Waals surface area contributed by atoms with Gasteiger partial charge in [-0.2, -0.15) is 0 Å². The summed E-state index contributed by atoms with van der Waals surface area (Å²) < 4.78 is 8.15. The molecule has 1 aliphatic heterocycles. The third-order valence-corrected chi connectivity index (χ3v) is 5.32. The largest absolute Gasteiger partial charge is 0.457 e. The molecular weight excluding hydrogens is 386 g/mol. The summed E-state index contributed by atoms with van der Waals surface area (Å²) in [5.74, 6) is 2.24. The van der Waals surface area contributed by atoms with Crippen molar-refractivity contribution < 1.29 is 4.74 Å². The van der Waals surface area contributed by atoms with Gasteiger partial charge in [0.2, 0.25) is 5.95 Å². The van der Waals surface area contributed by atoms with Gasteiger partial charge in [0.05, 0.1) is 22.4 Å². The predicted octanol–water partition coefficient (Wildman–Crippen LogP) is 5.91. The quantitative estimate of drug-likeness (QED) is 0.445. The van der Waals surface area contributed by atoms with Crippen LogP contribution >= 0.6 is 0 Å². The van der Waals surface area contributed by atoms with Crippen LogP contribution in [0.3, 0.4) is 0 Å². The number of ether oxygens (including phenoxy) is 1. The average Bonchev–Trinajstić information content (AvgIpc) is 3.33. The summed E-state index contributed by atoms with van der Waals surface area (Å²) in [6.07, 6.45) is 4.66. The Kier molecular flexibility index (Phi) is 4.75. The summed E-state index contributed by atoms with van der Waals surface area (Å²) in [7, 11) is 2.00. The summed E-state index contributed by atoms with van der Waals surface area (Å²) in [6, 6.07) is 18.0. The summed E-state index contributed by atoms with van der Waals surface area (Å²) in [4.78, 5) is 13.7. The zero-order valence-electron chi connectivity index (χ0n) is 17.8. The Hall–Kier alpha value is -3.93. The van der Waals surface area contributed by atoms with Crippen LogP contribution in [-0.2, 0) is 7.05 Å². The van der Waals surface area contributed by atoms with Gasteiger partial charge in [-0.05, 0) is 44.2 Å². The Morgan fingerprint density at radius 1 is 0.968 bits per heavy atom. The van der Waals surface area contributed by atoms with E-state index < -0.39 is 0 Å². The number of pyridine rings is 1. The predicted molar refractivity (Wildman–Crippen MR) is 124 cm³/mol. The zero-order valence-corrected chi connectivity index (χ0v) is 17.8. The highest BCUT2D eigenvalue weighted by Crippen LogP contribution is 2.28. The van der Waals surface area contributed by atoms with Crippen LogP contribution in [0, 0.1) is 6.92 Å². The fourth-order valence-corrected chi connectivity index (χ4v) is 3.60. The topological polar surface area (TPSA) is 64.3 Å². The second kappa shape index (κ2) is 7.72. The van der Waals surface area contributed by atoms with Crippen molar-refractivity contribution in [3.63, 3.8) is 0 Å². The van der Waals surface area contributed by atoms with Crippen molar-refractivity contribution in [3.05, 3.63) is 83.8 Å². The second-order valence-electron chi connectivity index (χ2n) is 7.72. The normalized spacial score (nSPS) is 13.3. The molecule has 0 saturated carbocycles. The van der Waals surface area contributed by atoms with Crippen molar-refractivity contribution in [3.8, 4) is 11.5 Å². The second-order valence-corrected chi connectivity index (χ2v) is 7.72. The van der Waals surface area contributed by atoms with Crippen LogP contribution in [0.15, 0.2) is 77.6 Å². The molecule has 1 aliphatic rings. The van der Waals surface area contributed by atoms with Gasteiger partial charge in [-0.3, -0.25) is 9.98 Å². The van der Waals surface area contributed by atoms with E-state index in [0.29, 0.717) is 0 Å². The molecular formula is C25H23N5O. The van der Waals surface area contributed by atoms with E-state index in [9.17, 15) is 0 Å². The number of allylic oxidation sites excluding steroid dienone is 2. The van der Waals surface area contributed by atoms with E-state index in [1.54, 1.807) is 6.20 Å². The number of nitrogens with one attached hydrogen (secondary N) is 1. The minimum Gasteiger partial charge on any atom is -0.457 e. The number of nitrogens with zero attached hydrogens (tertiary/aromatic N) is 4. The van der Waals surface area contributed by atoms with E-state index in [2.05, 4.69) is 52.6 Å². The van der Waals surface area contributed by atoms with Crippen LogP contribution < -0.4 is 10.1 Å². The Morgan fingerprint density at radius 2 is 1.77 bits per heavy atom. The number of imidazole rings is 1. The van der Waals surface area contributed by atoms with Crippen molar-refractivity contribution >= 4 is 28.4 Å². The summed E-state index contributed by atoms with van der Waals surface area (Å²) in [6.45, 7) is 4.07. The van der Waals surface area contributed by atoms with Gasteiger partial charge in [-0.25, -0.2) is 4.98 Å². The monoisotopic (exact) mass is 409 g/mol. The first-order valence-electron chi connectivity index (χ1n) is 10.2. The highest BCUT2D eigenvalue weighted by Gasteiger charge is 2.12. The number of aromatic nitrogens is 3. The number of benzene rings is 2. The maximum absolute atomic E-state index is 6.11. The Morgan fingerprint density at radius 3 is 2.55 bits per heavy atom. The molecule has 4 aromatic rings. The van der Waals surface area contributed by atoms with E-state index in [1.807, 2.05) is 48.9 Å². The van der Waals surface area contributed by atoms with Crippen molar-refractivity contribution in [2.75, 3.05) is 5.32 Å². The first-order chi connectivity index (χ1) is 15.0. The Bertz CT molecular complexity index is 1330. The van der Waals surface area contributed by atoms with Crippen molar-refractivity contribution in [2.45, 2.75) is 20.3 Å². The summed E-state index contributed by atoms with van der Waals surface area (Å²) in [5, 5.41) is 3.38. The van der Waals surface area contributed by atoms with Gasteiger partial charge in [0.15, 0.2) is 0 Å². The molecule has 6 nitrogen and oxygen atoms in total. The molecule has 2 aromatic carbocycles. The van der Waals surface area contributed by atoms with Crippen LogP contribution in [-0.4, -0.2) is 20.2 Å². The molecule has 0 bridgehead atoms. The first kappa shape index (κ1) is 19.1. The maximum Gasteiger partial charge on any atom is 0.208 e. The van der Waals surface area contributed by atoms with Crippen molar-refractivity contribution in [1.29, 1.82) is 0 Å². The number of hydrogen-bond acceptors (Lipinski definition) is 5. The van der Waals surface area contributed by atoms with Gasteiger partial charge < -0.3 is 14.6 Å².